The van der Waals surface area contributed by atoms with Crippen LogP contribution in [0.5, 0.6) is 0 Å². The van der Waals surface area contributed by atoms with Crippen LogP contribution in [0.1, 0.15) is 11.7 Å². The zero-order valence-electron chi connectivity index (χ0n) is 9.70. The molecule has 5 nitrogen and oxygen atoms in total. The van der Waals surface area contributed by atoms with Gasteiger partial charge in [-0.05, 0) is 22.0 Å². The normalized spacial score (nSPS) is 10.6. The second-order valence-corrected chi connectivity index (χ2v) is 4.61. The first-order chi connectivity index (χ1) is 8.56. The maximum Gasteiger partial charge on any atom is 0.223 e. The van der Waals surface area contributed by atoms with Crippen molar-refractivity contribution in [2.24, 2.45) is 0 Å². The monoisotopic (exact) mass is 314 g/mol. The molecule has 0 atom stereocenters. The van der Waals surface area contributed by atoms with Crippen LogP contribution in [0.3, 0.4) is 0 Å². The molecule has 0 saturated carbocycles. The average molecular weight is 315 g/mol. The highest BCUT2D eigenvalue weighted by Gasteiger charge is 2.06. The summed E-state index contributed by atoms with van der Waals surface area (Å²) in [5.41, 5.74) is 6.80. The van der Waals surface area contributed by atoms with Gasteiger partial charge >= 0.3 is 0 Å². The van der Waals surface area contributed by atoms with E-state index in [0.29, 0.717) is 40.5 Å². The fourth-order valence-corrected chi connectivity index (χ4v) is 1.83. The molecule has 0 spiro atoms. The smallest absolute Gasteiger partial charge is 0.223 e. The Labute approximate surface area is 112 Å². The van der Waals surface area contributed by atoms with Crippen molar-refractivity contribution in [3.63, 3.8) is 0 Å². The third-order valence-electron chi connectivity index (χ3n) is 2.33. The maximum absolute atomic E-state index is 13.3. The summed E-state index contributed by atoms with van der Waals surface area (Å²) >= 11 is 3.07. The Hall–Kier alpha value is -1.63. The first kappa shape index (κ1) is 12.8. The van der Waals surface area contributed by atoms with Gasteiger partial charge in [-0.25, -0.2) is 4.39 Å². The molecule has 96 valence electrons. The first-order valence-electron chi connectivity index (χ1n) is 5.34. The second-order valence-electron chi connectivity index (χ2n) is 3.76. The fourth-order valence-electron chi connectivity index (χ4n) is 1.47. The van der Waals surface area contributed by atoms with Gasteiger partial charge in [0.15, 0.2) is 5.82 Å². The number of nitrogens with two attached hydrogens (primary N) is 1. The number of nitrogens with one attached hydrogen (secondary N) is 1. The molecule has 0 bridgehead atoms. The minimum atomic E-state index is -0.359. The Balaban J connectivity index is 1.96. The van der Waals surface area contributed by atoms with Crippen molar-refractivity contribution in [1.82, 2.24) is 10.1 Å². The summed E-state index contributed by atoms with van der Waals surface area (Å²) in [6, 6.07) is 2.87. The molecule has 2 rings (SSSR count). The van der Waals surface area contributed by atoms with Gasteiger partial charge in [0, 0.05) is 26.0 Å². The zero-order valence-corrected chi connectivity index (χ0v) is 11.3. The summed E-state index contributed by atoms with van der Waals surface area (Å²) < 4.78 is 18.5. The summed E-state index contributed by atoms with van der Waals surface area (Å²) in [6.07, 6.45) is 0.578. The highest BCUT2D eigenvalue weighted by molar-refractivity contribution is 9.10. The molecule has 1 aromatic heterocycles. The van der Waals surface area contributed by atoms with Crippen LogP contribution in [0.15, 0.2) is 21.1 Å². The van der Waals surface area contributed by atoms with Gasteiger partial charge in [0.2, 0.25) is 5.89 Å². The molecule has 0 saturated heterocycles. The third-order valence-corrected chi connectivity index (χ3v) is 2.93. The van der Waals surface area contributed by atoms with Gasteiger partial charge in [-0.1, -0.05) is 5.16 Å². The summed E-state index contributed by atoms with van der Waals surface area (Å²) in [7, 11) is 0. The molecule has 7 heteroatoms. The van der Waals surface area contributed by atoms with Gasteiger partial charge in [-0.3, -0.25) is 0 Å². The van der Waals surface area contributed by atoms with Gasteiger partial charge < -0.3 is 15.6 Å². The van der Waals surface area contributed by atoms with E-state index in [1.807, 2.05) is 0 Å². The Morgan fingerprint density at radius 1 is 1.50 bits per heavy atom. The molecule has 0 unspecified atom stereocenters. The zero-order chi connectivity index (χ0) is 13.1. The highest BCUT2D eigenvalue weighted by Crippen LogP contribution is 2.26. The Bertz CT molecular complexity index is 558. The van der Waals surface area contributed by atoms with Gasteiger partial charge in [-0.2, -0.15) is 4.98 Å². The van der Waals surface area contributed by atoms with E-state index in [-0.39, 0.29) is 5.82 Å². The van der Waals surface area contributed by atoms with Crippen molar-refractivity contribution in [2.45, 2.75) is 13.3 Å². The molecule has 0 aliphatic rings. The molecule has 0 amide bonds. The molecule has 0 aliphatic carbocycles. The minimum Gasteiger partial charge on any atom is -0.397 e. The van der Waals surface area contributed by atoms with E-state index in [1.165, 1.54) is 12.1 Å². The Morgan fingerprint density at radius 3 is 2.94 bits per heavy atom. The van der Waals surface area contributed by atoms with E-state index in [4.69, 9.17) is 10.3 Å². The number of nitrogen functional groups attached to an aromatic ring is 1. The molecule has 0 aliphatic heterocycles. The molecule has 2 aromatic rings. The molecule has 1 heterocycles. The standard InChI is InChI=1S/C11H12BrFN4O/c1-6-16-11(17-18-6)2-3-15-10-5-8(13)7(12)4-9(10)14/h4-5,15H,2-3,14H2,1H3. The number of hydrogen-bond acceptors (Lipinski definition) is 5. The largest absolute Gasteiger partial charge is 0.397 e. The van der Waals surface area contributed by atoms with Gasteiger partial charge in [-0.15, -0.1) is 0 Å². The number of aromatic nitrogens is 2. The highest BCUT2D eigenvalue weighted by atomic mass is 79.9. The predicted octanol–water partition coefficient (Wildman–Crippen LogP) is 2.52. The lowest BCUT2D eigenvalue weighted by Crippen LogP contribution is -2.08. The average Bonchev–Trinajstić information content (AvgIpc) is 2.71. The molecule has 3 N–H and O–H groups in total. The van der Waals surface area contributed by atoms with E-state index < -0.39 is 0 Å². The predicted molar refractivity (Wildman–Crippen MR) is 69.7 cm³/mol. The summed E-state index contributed by atoms with van der Waals surface area (Å²) in [4.78, 5) is 4.07. The third kappa shape index (κ3) is 2.98. The molecular weight excluding hydrogens is 303 g/mol. The number of hydrogen-bond donors (Lipinski definition) is 2. The van der Waals surface area contributed by atoms with Gasteiger partial charge in [0.25, 0.3) is 0 Å². The van der Waals surface area contributed by atoms with E-state index in [9.17, 15) is 4.39 Å². The van der Waals surface area contributed by atoms with Gasteiger partial charge in [0.1, 0.15) is 5.82 Å². The van der Waals surface area contributed by atoms with E-state index in [1.54, 1.807) is 6.92 Å². The van der Waals surface area contributed by atoms with Crippen molar-refractivity contribution in [2.75, 3.05) is 17.6 Å². The van der Waals surface area contributed by atoms with Gasteiger partial charge in [0.05, 0.1) is 15.8 Å². The van der Waals surface area contributed by atoms with Crippen LogP contribution >= 0.6 is 15.9 Å². The minimum absolute atomic E-state index is 0.347. The first-order valence-corrected chi connectivity index (χ1v) is 6.13. The number of rotatable bonds is 4. The fraction of sp³-hybridized carbons (Fsp3) is 0.273. The SMILES string of the molecule is Cc1nc(CCNc2cc(F)c(Br)cc2N)no1. The Morgan fingerprint density at radius 2 is 2.28 bits per heavy atom. The van der Waals surface area contributed by atoms with Crippen LogP contribution in [0.4, 0.5) is 15.8 Å². The van der Waals surface area contributed by atoms with E-state index >= 15 is 0 Å². The van der Waals surface area contributed by atoms with E-state index in [0.717, 1.165) is 0 Å². The number of halogens is 2. The van der Waals surface area contributed by atoms with Crippen LogP contribution in [-0.4, -0.2) is 16.7 Å². The van der Waals surface area contributed by atoms with Crippen molar-refractivity contribution in [1.29, 1.82) is 0 Å². The van der Waals surface area contributed by atoms with E-state index in [2.05, 4.69) is 31.4 Å². The molecule has 0 fully saturated rings. The van der Waals surface area contributed by atoms with Crippen LogP contribution in [0.2, 0.25) is 0 Å². The van der Waals surface area contributed by atoms with Crippen LogP contribution in [-0.2, 0) is 6.42 Å². The lowest BCUT2D eigenvalue weighted by atomic mass is 10.2. The summed E-state index contributed by atoms with van der Waals surface area (Å²) in [5, 5.41) is 6.79. The molecule has 0 radical (unpaired) electrons. The summed E-state index contributed by atoms with van der Waals surface area (Å²) in [5.74, 6) is 0.775. The van der Waals surface area contributed by atoms with Crippen LogP contribution < -0.4 is 11.1 Å². The maximum atomic E-state index is 13.3. The molecule has 1 aromatic carbocycles. The van der Waals surface area contributed by atoms with Crippen LogP contribution in [0.25, 0.3) is 0 Å². The van der Waals surface area contributed by atoms with Crippen molar-refractivity contribution < 1.29 is 8.91 Å². The second kappa shape index (κ2) is 5.34. The Kier molecular flexibility index (Phi) is 3.81. The number of benzene rings is 1. The number of aryl methyl sites for hydroxylation is 1. The lowest BCUT2D eigenvalue weighted by Gasteiger charge is -2.09. The lowest BCUT2D eigenvalue weighted by molar-refractivity contribution is 0.387. The quantitative estimate of drug-likeness (QED) is 0.848. The van der Waals surface area contributed by atoms with Crippen molar-refractivity contribution >= 4 is 27.3 Å². The van der Waals surface area contributed by atoms with Crippen molar-refractivity contribution in [3.8, 4) is 0 Å². The van der Waals surface area contributed by atoms with Crippen molar-refractivity contribution in [3.05, 3.63) is 34.1 Å². The molecular formula is C11H12BrFN4O. The number of anilines is 2. The topological polar surface area (TPSA) is 77.0 Å². The number of nitrogens with zero attached hydrogens (tertiary/aromatic N) is 2. The molecule has 18 heavy (non-hydrogen) atoms. The van der Waals surface area contributed by atoms with Crippen LogP contribution in [0, 0.1) is 12.7 Å². The summed E-state index contributed by atoms with van der Waals surface area (Å²) in [6.45, 7) is 2.27.